The molecular weight excluding hydrogens is 308 g/mol. The molecule has 0 aliphatic rings. The lowest BCUT2D eigenvalue weighted by Gasteiger charge is -2.23. The number of hydrogen-bond acceptors (Lipinski definition) is 5. The Labute approximate surface area is 131 Å². The second-order valence-electron chi connectivity index (χ2n) is 4.75. The predicted octanol–water partition coefficient (Wildman–Crippen LogP) is 0.724. The van der Waals surface area contributed by atoms with Crippen LogP contribution >= 0.6 is 12.2 Å². The SMILES string of the molecule is CCN(CC)CC(C)NS(=O)(=O)c1ccc(C(N)=S)nc1. The van der Waals surface area contributed by atoms with Crippen molar-refractivity contribution in [2.24, 2.45) is 5.73 Å². The minimum Gasteiger partial charge on any atom is -0.388 e. The predicted molar refractivity (Wildman–Crippen MR) is 87.7 cm³/mol. The molecule has 1 rings (SSSR count). The lowest BCUT2D eigenvalue weighted by atomic mass is 10.3. The molecule has 0 aromatic carbocycles. The number of nitrogens with zero attached hydrogens (tertiary/aromatic N) is 2. The van der Waals surface area contributed by atoms with Gasteiger partial charge in [-0.3, -0.25) is 4.98 Å². The molecule has 1 heterocycles. The van der Waals surface area contributed by atoms with Crippen LogP contribution in [0.2, 0.25) is 0 Å². The van der Waals surface area contributed by atoms with Crippen LogP contribution < -0.4 is 10.5 Å². The average Bonchev–Trinajstić information content (AvgIpc) is 2.44. The van der Waals surface area contributed by atoms with Gasteiger partial charge in [0.15, 0.2) is 0 Å². The molecule has 0 aliphatic heterocycles. The molecular formula is C13H22N4O2S2. The molecule has 118 valence electrons. The Morgan fingerprint density at radius 3 is 2.48 bits per heavy atom. The number of thiocarbonyl (C=S) groups is 1. The molecule has 3 N–H and O–H groups in total. The fourth-order valence-electron chi connectivity index (χ4n) is 1.92. The second kappa shape index (κ2) is 7.79. The van der Waals surface area contributed by atoms with Crippen molar-refractivity contribution in [2.75, 3.05) is 19.6 Å². The van der Waals surface area contributed by atoms with Gasteiger partial charge < -0.3 is 10.6 Å². The third-order valence-electron chi connectivity index (χ3n) is 3.08. The molecule has 21 heavy (non-hydrogen) atoms. The highest BCUT2D eigenvalue weighted by atomic mass is 32.2. The van der Waals surface area contributed by atoms with Crippen LogP contribution in [0.15, 0.2) is 23.2 Å². The molecule has 1 aromatic rings. The Kier molecular flexibility index (Phi) is 6.66. The number of pyridine rings is 1. The van der Waals surface area contributed by atoms with Gasteiger partial charge in [-0.2, -0.15) is 0 Å². The van der Waals surface area contributed by atoms with Gasteiger partial charge in [0.2, 0.25) is 10.0 Å². The largest absolute Gasteiger partial charge is 0.388 e. The maximum Gasteiger partial charge on any atom is 0.242 e. The molecule has 1 aromatic heterocycles. The van der Waals surface area contributed by atoms with E-state index >= 15 is 0 Å². The number of rotatable bonds is 8. The van der Waals surface area contributed by atoms with Crippen molar-refractivity contribution < 1.29 is 8.42 Å². The number of nitrogens with one attached hydrogen (secondary N) is 1. The molecule has 0 radical (unpaired) electrons. The fourth-order valence-corrected chi connectivity index (χ4v) is 3.22. The van der Waals surface area contributed by atoms with Crippen molar-refractivity contribution in [3.8, 4) is 0 Å². The van der Waals surface area contributed by atoms with Crippen LogP contribution in [-0.4, -0.2) is 49.0 Å². The molecule has 1 atom stereocenters. The van der Waals surface area contributed by atoms with Crippen molar-refractivity contribution in [1.29, 1.82) is 0 Å². The Hall–Kier alpha value is -1.09. The highest BCUT2D eigenvalue weighted by Gasteiger charge is 2.19. The van der Waals surface area contributed by atoms with Crippen LogP contribution in [0.1, 0.15) is 26.5 Å². The summed E-state index contributed by atoms with van der Waals surface area (Å²) in [6.07, 6.45) is 1.26. The number of hydrogen-bond donors (Lipinski definition) is 2. The van der Waals surface area contributed by atoms with Crippen molar-refractivity contribution in [2.45, 2.75) is 31.7 Å². The van der Waals surface area contributed by atoms with E-state index in [9.17, 15) is 8.42 Å². The van der Waals surface area contributed by atoms with Crippen LogP contribution in [0.5, 0.6) is 0 Å². The molecule has 8 heteroatoms. The zero-order valence-electron chi connectivity index (χ0n) is 12.5. The fraction of sp³-hybridized carbons (Fsp3) is 0.538. The van der Waals surface area contributed by atoms with Gasteiger partial charge in [0.1, 0.15) is 9.88 Å². The van der Waals surface area contributed by atoms with E-state index in [2.05, 4.69) is 14.6 Å². The first-order chi connectivity index (χ1) is 9.80. The minimum absolute atomic E-state index is 0.105. The first-order valence-electron chi connectivity index (χ1n) is 6.80. The van der Waals surface area contributed by atoms with E-state index in [1.54, 1.807) is 0 Å². The van der Waals surface area contributed by atoms with Gasteiger partial charge in [-0.15, -0.1) is 0 Å². The zero-order valence-corrected chi connectivity index (χ0v) is 14.2. The third kappa shape index (κ3) is 5.31. The van der Waals surface area contributed by atoms with Crippen LogP contribution in [0, 0.1) is 0 Å². The smallest absolute Gasteiger partial charge is 0.242 e. The number of sulfonamides is 1. The standard InChI is InChI=1S/C13H22N4O2S2/c1-4-17(5-2)9-10(3)16-21(18,19)11-6-7-12(13(14)20)15-8-11/h6-8,10,16H,4-5,9H2,1-3H3,(H2,14,20). The highest BCUT2D eigenvalue weighted by molar-refractivity contribution is 7.89. The Balaban J connectivity index is 2.79. The summed E-state index contributed by atoms with van der Waals surface area (Å²) in [5.74, 6) is 0. The Bertz CT molecular complexity index is 568. The first-order valence-corrected chi connectivity index (χ1v) is 8.69. The van der Waals surface area contributed by atoms with Crippen LogP contribution in [-0.2, 0) is 10.0 Å². The summed E-state index contributed by atoms with van der Waals surface area (Å²) in [5.41, 5.74) is 5.84. The van der Waals surface area contributed by atoms with Gasteiger partial charge in [-0.05, 0) is 32.1 Å². The summed E-state index contributed by atoms with van der Waals surface area (Å²) in [4.78, 5) is 6.35. The van der Waals surface area contributed by atoms with Gasteiger partial charge in [-0.1, -0.05) is 26.1 Å². The van der Waals surface area contributed by atoms with Crippen LogP contribution in [0.3, 0.4) is 0 Å². The molecule has 0 saturated carbocycles. The number of nitrogens with two attached hydrogens (primary N) is 1. The first kappa shape index (κ1) is 18.0. The zero-order chi connectivity index (χ0) is 16.0. The average molecular weight is 330 g/mol. The van der Waals surface area contributed by atoms with Gasteiger partial charge >= 0.3 is 0 Å². The molecule has 1 unspecified atom stereocenters. The molecule has 0 spiro atoms. The van der Waals surface area contributed by atoms with E-state index in [1.807, 2.05) is 20.8 Å². The summed E-state index contributed by atoms with van der Waals surface area (Å²) >= 11 is 4.79. The van der Waals surface area contributed by atoms with E-state index in [1.165, 1.54) is 18.3 Å². The lowest BCUT2D eigenvalue weighted by molar-refractivity contribution is 0.282. The van der Waals surface area contributed by atoms with Crippen molar-refractivity contribution in [1.82, 2.24) is 14.6 Å². The Morgan fingerprint density at radius 2 is 2.05 bits per heavy atom. The summed E-state index contributed by atoms with van der Waals surface area (Å²) in [5, 5.41) is 0. The third-order valence-corrected chi connectivity index (χ3v) is 4.87. The van der Waals surface area contributed by atoms with Crippen LogP contribution in [0.25, 0.3) is 0 Å². The van der Waals surface area contributed by atoms with Crippen molar-refractivity contribution in [3.63, 3.8) is 0 Å². The Morgan fingerprint density at radius 1 is 1.43 bits per heavy atom. The van der Waals surface area contributed by atoms with Crippen molar-refractivity contribution >= 4 is 27.2 Å². The molecule has 0 amide bonds. The number of aromatic nitrogens is 1. The minimum atomic E-state index is -3.59. The quantitative estimate of drug-likeness (QED) is 0.683. The van der Waals surface area contributed by atoms with Crippen molar-refractivity contribution in [3.05, 3.63) is 24.0 Å². The summed E-state index contributed by atoms with van der Waals surface area (Å²) in [6.45, 7) is 8.35. The highest BCUT2D eigenvalue weighted by Crippen LogP contribution is 2.09. The summed E-state index contributed by atoms with van der Waals surface area (Å²) in [7, 11) is -3.59. The molecule has 0 aliphatic carbocycles. The van der Waals surface area contributed by atoms with E-state index < -0.39 is 10.0 Å². The molecule has 6 nitrogen and oxygen atoms in total. The molecule has 0 saturated heterocycles. The topological polar surface area (TPSA) is 88.3 Å². The summed E-state index contributed by atoms with van der Waals surface area (Å²) in [6, 6.07) is 2.77. The maximum atomic E-state index is 12.2. The number of likely N-dealkylation sites (N-methyl/N-ethyl adjacent to an activating group) is 1. The van der Waals surface area contributed by atoms with Crippen LogP contribution in [0.4, 0.5) is 0 Å². The second-order valence-corrected chi connectivity index (χ2v) is 6.91. The molecule has 0 bridgehead atoms. The van der Waals surface area contributed by atoms with Gasteiger partial charge in [0.25, 0.3) is 0 Å². The normalized spacial score (nSPS) is 13.3. The lowest BCUT2D eigenvalue weighted by Crippen LogP contribution is -2.41. The summed E-state index contributed by atoms with van der Waals surface area (Å²) < 4.78 is 27.1. The van der Waals surface area contributed by atoms with E-state index in [0.717, 1.165) is 13.1 Å². The van der Waals surface area contributed by atoms with E-state index in [-0.39, 0.29) is 15.9 Å². The van der Waals surface area contributed by atoms with E-state index in [0.29, 0.717) is 12.2 Å². The van der Waals surface area contributed by atoms with E-state index in [4.69, 9.17) is 18.0 Å². The van der Waals surface area contributed by atoms with Gasteiger partial charge in [0, 0.05) is 18.8 Å². The monoisotopic (exact) mass is 330 g/mol. The maximum absolute atomic E-state index is 12.2. The van der Waals surface area contributed by atoms with Gasteiger partial charge in [0.05, 0.1) is 5.69 Å². The molecule has 0 fully saturated rings. The van der Waals surface area contributed by atoms with Gasteiger partial charge in [-0.25, -0.2) is 13.1 Å².